The summed E-state index contributed by atoms with van der Waals surface area (Å²) in [5.41, 5.74) is 0. The fourth-order valence-electron chi connectivity index (χ4n) is 1.47. The molecule has 7 nitrogen and oxygen atoms in total. The van der Waals surface area contributed by atoms with Crippen molar-refractivity contribution in [2.45, 2.75) is 34.5 Å². The largest absolute Gasteiger partial charge is 0.467 e. The minimum atomic E-state index is -1.76. The van der Waals surface area contributed by atoms with E-state index in [0.29, 0.717) is 0 Å². The molecule has 0 aliphatic carbocycles. The SMILES string of the molecule is COC(=O)C1OC(OCC(Cl)(Cl)Cl)[C@@H](O)[C@@H](O)[C@@H]1O. The van der Waals surface area contributed by atoms with Gasteiger partial charge in [-0.15, -0.1) is 0 Å². The maximum absolute atomic E-state index is 11.3. The topological polar surface area (TPSA) is 105 Å². The fourth-order valence-corrected chi connectivity index (χ4v) is 1.66. The molecule has 112 valence electrons. The third-order valence-electron chi connectivity index (χ3n) is 2.41. The van der Waals surface area contributed by atoms with Crippen molar-refractivity contribution in [1.82, 2.24) is 0 Å². The summed E-state index contributed by atoms with van der Waals surface area (Å²) in [4.78, 5) is 11.3. The lowest BCUT2D eigenvalue weighted by Gasteiger charge is -2.39. The van der Waals surface area contributed by atoms with E-state index in [4.69, 9.17) is 44.3 Å². The van der Waals surface area contributed by atoms with Crippen molar-refractivity contribution in [2.24, 2.45) is 0 Å². The molecule has 0 saturated carbocycles. The van der Waals surface area contributed by atoms with Crippen molar-refractivity contribution in [3.8, 4) is 0 Å². The van der Waals surface area contributed by atoms with Gasteiger partial charge in [0.2, 0.25) is 3.79 Å². The summed E-state index contributed by atoms with van der Waals surface area (Å²) in [5.74, 6) is -0.930. The molecule has 0 bridgehead atoms. The summed E-state index contributed by atoms with van der Waals surface area (Å²) in [6.07, 6.45) is -7.89. The highest BCUT2D eigenvalue weighted by molar-refractivity contribution is 6.67. The summed E-state index contributed by atoms with van der Waals surface area (Å²) < 4.78 is 12.6. The van der Waals surface area contributed by atoms with E-state index in [1.165, 1.54) is 0 Å². The molecule has 0 amide bonds. The number of hydrogen-bond donors (Lipinski definition) is 3. The molecule has 0 aromatic rings. The minimum absolute atomic E-state index is 0.448. The zero-order chi connectivity index (χ0) is 14.8. The van der Waals surface area contributed by atoms with Crippen LogP contribution in [0.25, 0.3) is 0 Å². The first kappa shape index (κ1) is 17.2. The maximum Gasteiger partial charge on any atom is 0.337 e. The normalized spacial score (nSPS) is 36.1. The first-order valence-electron chi connectivity index (χ1n) is 5.13. The molecule has 1 aliphatic heterocycles. The Hall–Kier alpha value is 0.140. The molecule has 1 aliphatic rings. The number of hydrogen-bond acceptors (Lipinski definition) is 7. The van der Waals surface area contributed by atoms with Crippen LogP contribution in [0, 0.1) is 0 Å². The van der Waals surface area contributed by atoms with Crippen molar-refractivity contribution in [3.05, 3.63) is 0 Å². The van der Waals surface area contributed by atoms with E-state index in [-0.39, 0.29) is 0 Å². The van der Waals surface area contributed by atoms with Crippen LogP contribution in [0.1, 0.15) is 0 Å². The second kappa shape index (κ2) is 6.73. The second-order valence-electron chi connectivity index (χ2n) is 3.85. The van der Waals surface area contributed by atoms with Gasteiger partial charge >= 0.3 is 5.97 Å². The van der Waals surface area contributed by atoms with E-state index in [0.717, 1.165) is 7.11 Å². The Morgan fingerprint density at radius 2 is 1.79 bits per heavy atom. The Bertz CT molecular complexity index is 321. The highest BCUT2D eigenvalue weighted by Gasteiger charge is 2.48. The van der Waals surface area contributed by atoms with Crippen LogP contribution >= 0.6 is 34.8 Å². The lowest BCUT2D eigenvalue weighted by Crippen LogP contribution is -2.60. The summed E-state index contributed by atoms with van der Waals surface area (Å²) in [7, 11) is 1.08. The number of methoxy groups -OCH3 is 1. The Labute approximate surface area is 123 Å². The Morgan fingerprint density at radius 3 is 2.26 bits per heavy atom. The highest BCUT2D eigenvalue weighted by atomic mass is 35.6. The number of carbonyl (C=O) groups excluding carboxylic acids is 1. The molecule has 19 heavy (non-hydrogen) atoms. The third kappa shape index (κ3) is 4.57. The van der Waals surface area contributed by atoms with Crippen LogP contribution < -0.4 is 0 Å². The number of carbonyl (C=O) groups is 1. The zero-order valence-corrected chi connectivity index (χ0v) is 12.0. The molecular weight excluding hydrogens is 326 g/mol. The average Bonchev–Trinajstić information content (AvgIpc) is 2.33. The number of aliphatic hydroxyl groups excluding tert-OH is 3. The zero-order valence-electron chi connectivity index (χ0n) is 9.70. The molecule has 1 fully saturated rings. The summed E-state index contributed by atoms with van der Waals surface area (Å²) in [6, 6.07) is 0. The van der Waals surface area contributed by atoms with Crippen LogP contribution in [-0.2, 0) is 19.0 Å². The fraction of sp³-hybridized carbons (Fsp3) is 0.889. The van der Waals surface area contributed by atoms with Crippen LogP contribution in [-0.4, -0.2) is 69.5 Å². The number of halogens is 3. The summed E-state index contributed by atoms with van der Waals surface area (Å²) >= 11 is 16.4. The molecule has 0 aromatic carbocycles. The first-order valence-corrected chi connectivity index (χ1v) is 6.26. The van der Waals surface area contributed by atoms with Crippen molar-refractivity contribution >= 4 is 40.8 Å². The minimum Gasteiger partial charge on any atom is -0.467 e. The van der Waals surface area contributed by atoms with Gasteiger partial charge in [0.15, 0.2) is 12.4 Å². The van der Waals surface area contributed by atoms with Gasteiger partial charge in [0.1, 0.15) is 18.3 Å². The van der Waals surface area contributed by atoms with E-state index in [1.807, 2.05) is 0 Å². The summed E-state index contributed by atoms with van der Waals surface area (Å²) in [6.45, 7) is -0.448. The number of esters is 1. The first-order chi connectivity index (χ1) is 8.67. The van der Waals surface area contributed by atoms with Gasteiger partial charge in [-0.1, -0.05) is 34.8 Å². The van der Waals surface area contributed by atoms with Gasteiger partial charge in [-0.05, 0) is 0 Å². The Balaban J connectivity index is 2.73. The van der Waals surface area contributed by atoms with Crippen molar-refractivity contribution < 1.29 is 34.3 Å². The summed E-state index contributed by atoms with van der Waals surface area (Å²) in [5, 5.41) is 28.8. The van der Waals surface area contributed by atoms with Gasteiger partial charge in [0, 0.05) is 0 Å². The predicted molar refractivity (Wildman–Crippen MR) is 64.9 cm³/mol. The van der Waals surface area contributed by atoms with Crippen molar-refractivity contribution in [1.29, 1.82) is 0 Å². The lowest BCUT2D eigenvalue weighted by molar-refractivity contribution is -0.294. The van der Waals surface area contributed by atoms with Crippen LogP contribution in [0.5, 0.6) is 0 Å². The van der Waals surface area contributed by atoms with Gasteiger partial charge in [-0.2, -0.15) is 0 Å². The van der Waals surface area contributed by atoms with Crippen LogP contribution in [0.2, 0.25) is 0 Å². The molecule has 3 N–H and O–H groups in total. The number of rotatable bonds is 3. The molecule has 1 rings (SSSR count). The molecule has 2 unspecified atom stereocenters. The molecule has 1 saturated heterocycles. The molecule has 0 radical (unpaired) electrons. The Kier molecular flexibility index (Phi) is 6.09. The third-order valence-corrected chi connectivity index (χ3v) is 2.74. The van der Waals surface area contributed by atoms with Gasteiger partial charge in [0.05, 0.1) is 13.7 Å². The molecule has 0 spiro atoms. The van der Waals surface area contributed by atoms with Crippen LogP contribution in [0.3, 0.4) is 0 Å². The quantitative estimate of drug-likeness (QED) is 0.464. The van der Waals surface area contributed by atoms with E-state index in [9.17, 15) is 20.1 Å². The molecule has 1 heterocycles. The van der Waals surface area contributed by atoms with Crippen LogP contribution in [0.15, 0.2) is 0 Å². The van der Waals surface area contributed by atoms with E-state index < -0.39 is 47.1 Å². The standard InChI is InChI=1S/C9H13Cl3O7/c1-17-7(16)6-4(14)3(13)5(15)8(19-6)18-2-9(10,11)12/h3-6,8,13-15H,2H2,1H3/t3-,4-,5-,6?,8?/m0/s1. The second-order valence-corrected chi connectivity index (χ2v) is 6.36. The van der Waals surface area contributed by atoms with E-state index in [2.05, 4.69) is 4.74 Å². The lowest BCUT2D eigenvalue weighted by atomic mass is 9.99. The molecule has 5 atom stereocenters. The van der Waals surface area contributed by atoms with Crippen molar-refractivity contribution in [2.75, 3.05) is 13.7 Å². The Morgan fingerprint density at radius 1 is 1.21 bits per heavy atom. The van der Waals surface area contributed by atoms with Crippen LogP contribution in [0.4, 0.5) is 0 Å². The molecular formula is C9H13Cl3O7. The average molecular weight is 340 g/mol. The predicted octanol–water partition coefficient (Wildman–Crippen LogP) is -0.646. The van der Waals surface area contributed by atoms with Gasteiger partial charge in [-0.3, -0.25) is 0 Å². The van der Waals surface area contributed by atoms with Gasteiger partial charge in [0.25, 0.3) is 0 Å². The smallest absolute Gasteiger partial charge is 0.337 e. The number of aliphatic hydroxyl groups is 3. The molecule has 10 heteroatoms. The maximum atomic E-state index is 11.3. The molecule has 0 aromatic heterocycles. The number of alkyl halides is 3. The van der Waals surface area contributed by atoms with Gasteiger partial charge in [-0.25, -0.2) is 4.79 Å². The van der Waals surface area contributed by atoms with E-state index >= 15 is 0 Å². The van der Waals surface area contributed by atoms with Crippen molar-refractivity contribution in [3.63, 3.8) is 0 Å². The monoisotopic (exact) mass is 338 g/mol. The van der Waals surface area contributed by atoms with E-state index in [1.54, 1.807) is 0 Å². The highest BCUT2D eigenvalue weighted by Crippen LogP contribution is 2.29. The van der Waals surface area contributed by atoms with Gasteiger partial charge < -0.3 is 29.5 Å². The number of ether oxygens (including phenoxy) is 3.